The molecule has 0 unspecified atom stereocenters. The molecule has 118 valence electrons. The normalized spacial score (nSPS) is 24.6. The van der Waals surface area contributed by atoms with Gasteiger partial charge in [-0.3, -0.25) is 0 Å². The first kappa shape index (κ1) is 14.9. The van der Waals surface area contributed by atoms with Crippen LogP contribution in [0.3, 0.4) is 0 Å². The number of aryl methyl sites for hydroxylation is 1. The van der Waals surface area contributed by atoms with Gasteiger partial charge in [0.25, 0.3) is 0 Å². The van der Waals surface area contributed by atoms with Gasteiger partial charge in [0.15, 0.2) is 0 Å². The Morgan fingerprint density at radius 2 is 1.91 bits per heavy atom. The zero-order valence-corrected chi connectivity index (χ0v) is 13.5. The molecule has 0 spiro atoms. The molecule has 2 amide bonds. The molecular formula is C17H22N2O3. The molecule has 0 aromatic heterocycles. The van der Waals surface area contributed by atoms with E-state index in [4.69, 9.17) is 4.74 Å². The lowest BCUT2D eigenvalue weighted by Crippen LogP contribution is -2.36. The number of nitrogens with one attached hydrogen (secondary N) is 1. The minimum Gasteiger partial charge on any atom is -0.465 e. The van der Waals surface area contributed by atoms with Gasteiger partial charge >= 0.3 is 12.0 Å². The predicted octanol–water partition coefficient (Wildman–Crippen LogP) is 2.90. The number of methoxy groups -OCH3 is 1. The third-order valence-electron chi connectivity index (χ3n) is 5.30. The first-order chi connectivity index (χ1) is 10.3. The Morgan fingerprint density at radius 1 is 1.27 bits per heavy atom. The van der Waals surface area contributed by atoms with Crippen molar-refractivity contribution in [2.45, 2.75) is 20.8 Å². The van der Waals surface area contributed by atoms with Crippen LogP contribution in [0.5, 0.6) is 0 Å². The second-order valence-corrected chi connectivity index (χ2v) is 6.89. The van der Waals surface area contributed by atoms with Crippen LogP contribution in [0.1, 0.15) is 29.8 Å². The fourth-order valence-corrected chi connectivity index (χ4v) is 3.54. The lowest BCUT2D eigenvalue weighted by atomic mass is 10.1. The highest BCUT2D eigenvalue weighted by molar-refractivity contribution is 5.93. The van der Waals surface area contributed by atoms with Crippen molar-refractivity contribution in [3.63, 3.8) is 0 Å². The Labute approximate surface area is 130 Å². The van der Waals surface area contributed by atoms with E-state index in [1.165, 1.54) is 7.11 Å². The molecule has 0 bridgehead atoms. The largest absolute Gasteiger partial charge is 0.465 e. The number of hydrogen-bond donors (Lipinski definition) is 1. The van der Waals surface area contributed by atoms with Gasteiger partial charge in [-0.05, 0) is 47.9 Å². The number of piperidine rings is 1. The number of likely N-dealkylation sites (tertiary alicyclic amines) is 1. The fraction of sp³-hybridized carbons (Fsp3) is 0.529. The topological polar surface area (TPSA) is 58.6 Å². The Bertz CT molecular complexity index is 625. The Kier molecular flexibility index (Phi) is 3.38. The van der Waals surface area contributed by atoms with Crippen LogP contribution in [0.4, 0.5) is 10.5 Å². The molecular weight excluding hydrogens is 280 g/mol. The zero-order valence-electron chi connectivity index (χ0n) is 13.5. The SMILES string of the molecule is COC(=O)c1ccc(NC(=O)N2C[C@H]3[C@H](C2)C3(C)C)c(C)c1. The van der Waals surface area contributed by atoms with Gasteiger partial charge in [0, 0.05) is 18.8 Å². The van der Waals surface area contributed by atoms with Gasteiger partial charge in [-0.2, -0.15) is 0 Å². The van der Waals surface area contributed by atoms with Crippen molar-refractivity contribution in [1.29, 1.82) is 0 Å². The van der Waals surface area contributed by atoms with Crippen molar-refractivity contribution in [3.8, 4) is 0 Å². The number of esters is 1. The zero-order chi connectivity index (χ0) is 16.1. The second-order valence-electron chi connectivity index (χ2n) is 6.89. The van der Waals surface area contributed by atoms with Crippen LogP contribution < -0.4 is 5.32 Å². The predicted molar refractivity (Wildman–Crippen MR) is 83.9 cm³/mol. The number of hydrogen-bond acceptors (Lipinski definition) is 3. The van der Waals surface area contributed by atoms with Gasteiger partial charge in [0.2, 0.25) is 0 Å². The molecule has 1 saturated heterocycles. The Hall–Kier alpha value is -2.04. The maximum Gasteiger partial charge on any atom is 0.337 e. The summed E-state index contributed by atoms with van der Waals surface area (Å²) in [5, 5.41) is 2.94. The number of fused-ring (bicyclic) bond motifs is 1. The summed E-state index contributed by atoms with van der Waals surface area (Å²) in [6.07, 6.45) is 0. The number of ether oxygens (including phenoxy) is 1. The molecule has 22 heavy (non-hydrogen) atoms. The van der Waals surface area contributed by atoms with Crippen LogP contribution in [0.25, 0.3) is 0 Å². The average Bonchev–Trinajstić information content (AvgIpc) is 2.86. The van der Waals surface area contributed by atoms with E-state index >= 15 is 0 Å². The van der Waals surface area contributed by atoms with Crippen LogP contribution >= 0.6 is 0 Å². The number of urea groups is 1. The number of carbonyl (C=O) groups is 2. The summed E-state index contributed by atoms with van der Waals surface area (Å²) in [5.74, 6) is 0.907. The van der Waals surface area contributed by atoms with Crippen molar-refractivity contribution >= 4 is 17.7 Å². The van der Waals surface area contributed by atoms with E-state index in [-0.39, 0.29) is 12.0 Å². The number of benzene rings is 1. The van der Waals surface area contributed by atoms with E-state index in [0.717, 1.165) is 24.3 Å². The summed E-state index contributed by atoms with van der Waals surface area (Å²) >= 11 is 0. The maximum absolute atomic E-state index is 12.3. The van der Waals surface area contributed by atoms with Gasteiger partial charge in [-0.15, -0.1) is 0 Å². The van der Waals surface area contributed by atoms with Gasteiger partial charge < -0.3 is 15.0 Å². The van der Waals surface area contributed by atoms with Crippen molar-refractivity contribution in [1.82, 2.24) is 4.90 Å². The molecule has 2 atom stereocenters. The van der Waals surface area contributed by atoms with E-state index in [0.29, 0.717) is 22.8 Å². The molecule has 3 rings (SSSR count). The van der Waals surface area contributed by atoms with E-state index in [2.05, 4.69) is 19.2 Å². The van der Waals surface area contributed by atoms with Gasteiger partial charge in [-0.25, -0.2) is 9.59 Å². The van der Waals surface area contributed by atoms with Crippen molar-refractivity contribution in [2.24, 2.45) is 17.3 Å². The number of rotatable bonds is 2. The Balaban J connectivity index is 1.64. The molecule has 5 nitrogen and oxygen atoms in total. The summed E-state index contributed by atoms with van der Waals surface area (Å²) in [6.45, 7) is 8.08. The van der Waals surface area contributed by atoms with Crippen LogP contribution in [0.2, 0.25) is 0 Å². The van der Waals surface area contributed by atoms with Crippen molar-refractivity contribution in [2.75, 3.05) is 25.5 Å². The lowest BCUT2D eigenvalue weighted by molar-refractivity contribution is 0.0600. The fourth-order valence-electron chi connectivity index (χ4n) is 3.54. The molecule has 1 aromatic rings. The summed E-state index contributed by atoms with van der Waals surface area (Å²) in [4.78, 5) is 25.7. The number of amides is 2. The minimum atomic E-state index is -0.372. The maximum atomic E-state index is 12.3. The van der Waals surface area contributed by atoms with Gasteiger partial charge in [0.1, 0.15) is 0 Å². The molecule has 1 N–H and O–H groups in total. The van der Waals surface area contributed by atoms with E-state index in [9.17, 15) is 9.59 Å². The standard InChI is InChI=1S/C17H22N2O3/c1-10-7-11(15(20)22-4)5-6-14(10)18-16(21)19-8-12-13(9-19)17(12,2)3/h5-7,12-13H,8-9H2,1-4H3,(H,18,21)/t12-,13-/m0/s1. The molecule has 1 aliphatic carbocycles. The molecule has 2 aliphatic rings. The summed E-state index contributed by atoms with van der Waals surface area (Å²) < 4.78 is 4.70. The van der Waals surface area contributed by atoms with Crippen LogP contribution in [-0.4, -0.2) is 37.1 Å². The third-order valence-corrected chi connectivity index (χ3v) is 5.30. The van der Waals surface area contributed by atoms with Gasteiger partial charge in [-0.1, -0.05) is 13.8 Å². The Morgan fingerprint density at radius 3 is 2.45 bits per heavy atom. The van der Waals surface area contributed by atoms with E-state index in [1.54, 1.807) is 18.2 Å². The summed E-state index contributed by atoms with van der Waals surface area (Å²) in [5.41, 5.74) is 2.47. The third kappa shape index (κ3) is 2.34. The highest BCUT2D eigenvalue weighted by Gasteiger charge is 2.62. The highest BCUT2D eigenvalue weighted by Crippen LogP contribution is 2.61. The first-order valence-corrected chi connectivity index (χ1v) is 7.59. The number of carbonyl (C=O) groups excluding carboxylic acids is 2. The van der Waals surface area contributed by atoms with Crippen LogP contribution in [-0.2, 0) is 4.74 Å². The summed E-state index contributed by atoms with van der Waals surface area (Å²) in [7, 11) is 1.35. The highest BCUT2D eigenvalue weighted by atomic mass is 16.5. The quantitative estimate of drug-likeness (QED) is 0.855. The van der Waals surface area contributed by atoms with E-state index in [1.807, 2.05) is 11.8 Å². The molecule has 5 heteroatoms. The van der Waals surface area contributed by atoms with Crippen molar-refractivity contribution in [3.05, 3.63) is 29.3 Å². The molecule has 2 fully saturated rings. The molecule has 0 radical (unpaired) electrons. The lowest BCUT2D eigenvalue weighted by Gasteiger charge is -2.23. The smallest absolute Gasteiger partial charge is 0.337 e. The molecule has 1 saturated carbocycles. The molecule has 1 aromatic carbocycles. The van der Waals surface area contributed by atoms with Crippen LogP contribution in [0, 0.1) is 24.2 Å². The second kappa shape index (κ2) is 5.00. The monoisotopic (exact) mass is 302 g/mol. The summed E-state index contributed by atoms with van der Waals surface area (Å²) in [6, 6.07) is 5.09. The average molecular weight is 302 g/mol. The first-order valence-electron chi connectivity index (χ1n) is 7.59. The number of nitrogens with zero attached hydrogens (tertiary/aromatic N) is 1. The molecule has 1 heterocycles. The van der Waals surface area contributed by atoms with E-state index < -0.39 is 0 Å². The van der Waals surface area contributed by atoms with Gasteiger partial charge in [0.05, 0.1) is 12.7 Å². The van der Waals surface area contributed by atoms with Crippen LogP contribution in [0.15, 0.2) is 18.2 Å². The van der Waals surface area contributed by atoms with Crippen molar-refractivity contribution < 1.29 is 14.3 Å². The molecule has 1 aliphatic heterocycles. The number of anilines is 1. The minimum absolute atomic E-state index is 0.0584.